The number of urea groups is 1. The van der Waals surface area contributed by atoms with E-state index >= 15 is 0 Å². The number of carbonyl (C=O) groups excluding carboxylic acids is 1. The summed E-state index contributed by atoms with van der Waals surface area (Å²) in [6.45, 7) is 1.25. The summed E-state index contributed by atoms with van der Waals surface area (Å²) in [6, 6.07) is 14.9. The van der Waals surface area contributed by atoms with Gasteiger partial charge in [0, 0.05) is 47.4 Å². The zero-order valence-electron chi connectivity index (χ0n) is 14.6. The number of nitrogens with zero attached hydrogens (tertiary/aromatic N) is 3. The first-order valence-electron chi connectivity index (χ1n) is 8.87. The molecule has 0 bridgehead atoms. The summed E-state index contributed by atoms with van der Waals surface area (Å²) in [5.74, 6) is 0.553. The van der Waals surface area contributed by atoms with Crippen molar-refractivity contribution in [3.8, 4) is 5.88 Å². The van der Waals surface area contributed by atoms with Gasteiger partial charge in [0.2, 0.25) is 5.88 Å². The molecule has 0 atom stereocenters. The van der Waals surface area contributed by atoms with E-state index < -0.39 is 0 Å². The van der Waals surface area contributed by atoms with Crippen molar-refractivity contribution in [2.24, 2.45) is 0 Å². The maximum absolute atomic E-state index is 12.4. The van der Waals surface area contributed by atoms with Crippen molar-refractivity contribution in [1.82, 2.24) is 15.1 Å². The van der Waals surface area contributed by atoms with Gasteiger partial charge >= 0.3 is 6.03 Å². The normalized spacial score (nSPS) is 14.9. The van der Waals surface area contributed by atoms with Crippen LogP contribution in [0.3, 0.4) is 0 Å². The highest BCUT2D eigenvalue weighted by Gasteiger charge is 2.25. The molecule has 3 aromatic rings. The van der Waals surface area contributed by atoms with Gasteiger partial charge in [-0.25, -0.2) is 4.79 Å². The molecule has 2 heterocycles. The molecule has 0 spiro atoms. The molecule has 138 valence electrons. The Bertz CT molecular complexity index is 935. The molecule has 27 heavy (non-hydrogen) atoms. The number of amides is 2. The molecule has 7 heteroatoms. The molecule has 4 rings (SSSR count). The Balaban J connectivity index is 1.34. The SMILES string of the molecule is O=C(Nc1ccc(Cl)cc1)N1CCC(Oc2nncc3ccccc23)CC1. The highest BCUT2D eigenvalue weighted by atomic mass is 35.5. The van der Waals surface area contributed by atoms with Crippen LogP contribution in [-0.2, 0) is 0 Å². The second-order valence-electron chi connectivity index (χ2n) is 6.48. The first-order chi connectivity index (χ1) is 13.2. The van der Waals surface area contributed by atoms with Crippen LogP contribution in [-0.4, -0.2) is 40.3 Å². The minimum absolute atomic E-state index is 0.0182. The molecular weight excluding hydrogens is 364 g/mol. The standard InChI is InChI=1S/C20H19ClN4O2/c21-15-5-7-16(8-6-15)23-20(26)25-11-9-17(10-12-25)27-19-18-4-2-1-3-14(18)13-22-24-19/h1-8,13,17H,9-12H2,(H,23,26). The van der Waals surface area contributed by atoms with Crippen LogP contribution in [0.4, 0.5) is 10.5 Å². The number of likely N-dealkylation sites (tertiary alicyclic amines) is 1. The van der Waals surface area contributed by atoms with Crippen molar-refractivity contribution in [2.75, 3.05) is 18.4 Å². The monoisotopic (exact) mass is 382 g/mol. The Morgan fingerprint density at radius 3 is 2.63 bits per heavy atom. The van der Waals surface area contributed by atoms with Gasteiger partial charge in [0.1, 0.15) is 6.10 Å². The van der Waals surface area contributed by atoms with Crippen molar-refractivity contribution in [3.05, 3.63) is 59.8 Å². The molecule has 1 saturated heterocycles. The van der Waals surface area contributed by atoms with Gasteiger partial charge in [0.05, 0.1) is 6.20 Å². The van der Waals surface area contributed by atoms with Gasteiger partial charge in [0.15, 0.2) is 0 Å². The van der Waals surface area contributed by atoms with E-state index in [-0.39, 0.29) is 12.1 Å². The van der Waals surface area contributed by atoms with Crippen LogP contribution >= 0.6 is 11.6 Å². The minimum atomic E-state index is -0.110. The van der Waals surface area contributed by atoms with E-state index in [1.807, 2.05) is 24.3 Å². The van der Waals surface area contributed by atoms with Gasteiger partial charge < -0.3 is 15.0 Å². The first-order valence-corrected chi connectivity index (χ1v) is 9.25. The predicted molar refractivity (Wildman–Crippen MR) is 105 cm³/mol. The Hall–Kier alpha value is -2.86. The number of anilines is 1. The molecule has 6 nitrogen and oxygen atoms in total. The summed E-state index contributed by atoms with van der Waals surface area (Å²) < 4.78 is 6.08. The lowest BCUT2D eigenvalue weighted by molar-refractivity contribution is 0.112. The molecule has 0 aliphatic carbocycles. The average Bonchev–Trinajstić information content (AvgIpc) is 2.70. The van der Waals surface area contributed by atoms with Gasteiger partial charge in [0.25, 0.3) is 0 Å². The topological polar surface area (TPSA) is 67.4 Å². The second-order valence-corrected chi connectivity index (χ2v) is 6.91. The van der Waals surface area contributed by atoms with Crippen molar-refractivity contribution < 1.29 is 9.53 Å². The van der Waals surface area contributed by atoms with Crippen LogP contribution in [0.1, 0.15) is 12.8 Å². The third kappa shape index (κ3) is 4.11. The maximum Gasteiger partial charge on any atom is 0.321 e. The van der Waals surface area contributed by atoms with E-state index in [0.29, 0.717) is 24.0 Å². The van der Waals surface area contributed by atoms with E-state index in [4.69, 9.17) is 16.3 Å². The predicted octanol–water partition coefficient (Wildman–Crippen LogP) is 4.36. The Kier molecular flexibility index (Phi) is 5.07. The number of piperidine rings is 1. The van der Waals surface area contributed by atoms with Crippen LogP contribution < -0.4 is 10.1 Å². The number of hydrogen-bond donors (Lipinski definition) is 1. The lowest BCUT2D eigenvalue weighted by Gasteiger charge is -2.32. The molecule has 1 aliphatic rings. The summed E-state index contributed by atoms with van der Waals surface area (Å²) in [6.07, 6.45) is 3.24. The molecule has 0 saturated carbocycles. The Labute approximate surface area is 162 Å². The zero-order chi connectivity index (χ0) is 18.6. The van der Waals surface area contributed by atoms with E-state index in [1.165, 1.54) is 0 Å². The number of benzene rings is 2. The van der Waals surface area contributed by atoms with Crippen LogP contribution in [0, 0.1) is 0 Å². The average molecular weight is 383 g/mol. The number of nitrogens with one attached hydrogen (secondary N) is 1. The molecular formula is C20H19ClN4O2. The van der Waals surface area contributed by atoms with Crippen LogP contribution in [0.15, 0.2) is 54.7 Å². The molecule has 1 N–H and O–H groups in total. The Morgan fingerprint density at radius 1 is 1.11 bits per heavy atom. The van der Waals surface area contributed by atoms with E-state index in [1.54, 1.807) is 35.4 Å². The van der Waals surface area contributed by atoms with Crippen LogP contribution in [0.5, 0.6) is 5.88 Å². The van der Waals surface area contributed by atoms with Crippen molar-refractivity contribution in [1.29, 1.82) is 0 Å². The Morgan fingerprint density at radius 2 is 1.85 bits per heavy atom. The van der Waals surface area contributed by atoms with E-state index in [0.717, 1.165) is 29.3 Å². The highest BCUT2D eigenvalue weighted by molar-refractivity contribution is 6.30. The van der Waals surface area contributed by atoms with Gasteiger partial charge in [-0.3, -0.25) is 0 Å². The van der Waals surface area contributed by atoms with Crippen LogP contribution in [0.2, 0.25) is 5.02 Å². The number of fused-ring (bicyclic) bond motifs is 1. The van der Waals surface area contributed by atoms with Crippen molar-refractivity contribution >= 4 is 34.1 Å². The van der Waals surface area contributed by atoms with Gasteiger partial charge in [-0.05, 0) is 30.3 Å². The molecule has 0 radical (unpaired) electrons. The molecule has 1 fully saturated rings. The summed E-state index contributed by atoms with van der Waals surface area (Å²) in [5.41, 5.74) is 0.730. The number of halogens is 1. The molecule has 0 unspecified atom stereocenters. The number of rotatable bonds is 3. The fourth-order valence-corrected chi connectivity index (χ4v) is 3.29. The van der Waals surface area contributed by atoms with Crippen molar-refractivity contribution in [2.45, 2.75) is 18.9 Å². The summed E-state index contributed by atoms with van der Waals surface area (Å²) in [5, 5.41) is 13.6. The van der Waals surface area contributed by atoms with E-state index in [9.17, 15) is 4.79 Å². The van der Waals surface area contributed by atoms with Crippen LogP contribution in [0.25, 0.3) is 10.8 Å². The van der Waals surface area contributed by atoms with Gasteiger partial charge in [-0.2, -0.15) is 5.10 Å². The first kappa shape index (κ1) is 17.5. The fraction of sp³-hybridized carbons (Fsp3) is 0.250. The smallest absolute Gasteiger partial charge is 0.321 e. The summed E-state index contributed by atoms with van der Waals surface area (Å²) >= 11 is 5.87. The molecule has 2 aromatic carbocycles. The summed E-state index contributed by atoms with van der Waals surface area (Å²) in [4.78, 5) is 14.2. The number of aromatic nitrogens is 2. The quantitative estimate of drug-likeness (QED) is 0.730. The van der Waals surface area contributed by atoms with Crippen molar-refractivity contribution in [3.63, 3.8) is 0 Å². The summed E-state index contributed by atoms with van der Waals surface area (Å²) in [7, 11) is 0. The number of carbonyl (C=O) groups is 1. The third-order valence-corrected chi connectivity index (χ3v) is 4.89. The van der Waals surface area contributed by atoms with E-state index in [2.05, 4.69) is 15.5 Å². The molecule has 1 aliphatic heterocycles. The van der Waals surface area contributed by atoms with Gasteiger partial charge in [-0.15, -0.1) is 5.10 Å². The number of hydrogen-bond acceptors (Lipinski definition) is 4. The molecule has 2 amide bonds. The number of ether oxygens (including phenoxy) is 1. The minimum Gasteiger partial charge on any atom is -0.473 e. The second kappa shape index (κ2) is 7.80. The fourth-order valence-electron chi connectivity index (χ4n) is 3.16. The maximum atomic E-state index is 12.4. The van der Waals surface area contributed by atoms with Gasteiger partial charge in [-0.1, -0.05) is 29.8 Å². The zero-order valence-corrected chi connectivity index (χ0v) is 15.4. The largest absolute Gasteiger partial charge is 0.473 e. The lowest BCUT2D eigenvalue weighted by atomic mass is 10.1. The lowest BCUT2D eigenvalue weighted by Crippen LogP contribution is -2.43. The molecule has 1 aromatic heterocycles. The highest BCUT2D eigenvalue weighted by Crippen LogP contribution is 2.25. The third-order valence-electron chi connectivity index (χ3n) is 4.64.